The van der Waals surface area contributed by atoms with E-state index in [0.29, 0.717) is 18.1 Å². The van der Waals surface area contributed by atoms with Crippen molar-refractivity contribution in [3.8, 4) is 11.1 Å². The molecule has 2 heterocycles. The summed E-state index contributed by atoms with van der Waals surface area (Å²) in [7, 11) is 1.61. The molecule has 1 atom stereocenters. The van der Waals surface area contributed by atoms with Gasteiger partial charge in [-0.05, 0) is 37.1 Å². The van der Waals surface area contributed by atoms with Crippen LogP contribution >= 0.6 is 0 Å². The summed E-state index contributed by atoms with van der Waals surface area (Å²) in [6.45, 7) is 4.29. The first-order chi connectivity index (χ1) is 14.5. The first-order valence-electron chi connectivity index (χ1n) is 9.81. The van der Waals surface area contributed by atoms with Crippen LogP contribution in [-0.4, -0.2) is 28.7 Å². The van der Waals surface area contributed by atoms with Gasteiger partial charge >= 0.3 is 0 Å². The number of aryl methyl sites for hydroxylation is 2. The van der Waals surface area contributed by atoms with Crippen LogP contribution in [0, 0.1) is 13.8 Å². The van der Waals surface area contributed by atoms with E-state index in [9.17, 15) is 9.59 Å². The number of nitrogens with zero attached hydrogens (tertiary/aromatic N) is 2. The molecule has 2 N–H and O–H groups in total. The molecule has 1 aromatic heterocycles. The number of rotatable bonds is 6. The number of carbonyl (C=O) groups excluding carboxylic acids is 2. The molecule has 0 saturated carbocycles. The van der Waals surface area contributed by atoms with Crippen molar-refractivity contribution < 1.29 is 14.3 Å². The standard InChI is InChI=1S/C23H24N4O3/c1-14-7-9-16(10-8-14)21-18(13-30-3)26-27-19(23(29)25-22(21)27)12-20(28)24-17-6-4-5-15(2)11-17/h4-11,19H,12-13H2,1-3H3,(H,24,28)(H,25,29). The number of fused-ring (bicyclic) bond motifs is 1. The fourth-order valence-corrected chi connectivity index (χ4v) is 3.69. The van der Waals surface area contributed by atoms with Gasteiger partial charge in [0.2, 0.25) is 5.91 Å². The second-order valence-corrected chi connectivity index (χ2v) is 7.54. The van der Waals surface area contributed by atoms with Crippen molar-refractivity contribution >= 4 is 23.3 Å². The fraction of sp³-hybridized carbons (Fsp3) is 0.261. The van der Waals surface area contributed by atoms with Crippen molar-refractivity contribution in [1.82, 2.24) is 9.78 Å². The Balaban J connectivity index is 1.62. The van der Waals surface area contributed by atoms with Crippen LogP contribution in [-0.2, 0) is 20.9 Å². The molecule has 0 spiro atoms. The molecule has 4 rings (SSSR count). The predicted molar refractivity (Wildman–Crippen MR) is 115 cm³/mol. The summed E-state index contributed by atoms with van der Waals surface area (Å²) in [4.78, 5) is 25.3. The lowest BCUT2D eigenvalue weighted by Gasteiger charge is -2.10. The summed E-state index contributed by atoms with van der Waals surface area (Å²) in [5.41, 5.74) is 5.39. The Morgan fingerprint density at radius 1 is 1.17 bits per heavy atom. The van der Waals surface area contributed by atoms with E-state index in [2.05, 4.69) is 15.7 Å². The van der Waals surface area contributed by atoms with Crippen molar-refractivity contribution in [2.24, 2.45) is 0 Å². The minimum atomic E-state index is -0.709. The van der Waals surface area contributed by atoms with E-state index in [4.69, 9.17) is 4.74 Å². The van der Waals surface area contributed by atoms with Crippen LogP contribution in [0.15, 0.2) is 48.5 Å². The minimum absolute atomic E-state index is 0.00574. The number of aromatic nitrogens is 2. The maximum atomic E-state index is 12.7. The fourth-order valence-electron chi connectivity index (χ4n) is 3.69. The highest BCUT2D eigenvalue weighted by molar-refractivity contribution is 6.04. The number of ether oxygens (including phenoxy) is 1. The molecule has 0 radical (unpaired) electrons. The van der Waals surface area contributed by atoms with Gasteiger partial charge in [-0.25, -0.2) is 4.68 Å². The first kappa shape index (κ1) is 19.8. The zero-order valence-electron chi connectivity index (χ0n) is 17.2. The molecule has 1 unspecified atom stereocenters. The molecule has 1 aliphatic rings. The Hall–Kier alpha value is -3.45. The first-order valence-corrected chi connectivity index (χ1v) is 9.81. The van der Waals surface area contributed by atoms with Crippen molar-refractivity contribution in [2.45, 2.75) is 32.9 Å². The molecule has 0 saturated heterocycles. The van der Waals surface area contributed by atoms with E-state index in [1.165, 1.54) is 0 Å². The summed E-state index contributed by atoms with van der Waals surface area (Å²) < 4.78 is 6.93. The Bertz CT molecular complexity index is 1100. The monoisotopic (exact) mass is 404 g/mol. The molecule has 0 aliphatic carbocycles. The molecular formula is C23H24N4O3. The molecule has 7 heteroatoms. The van der Waals surface area contributed by atoms with E-state index >= 15 is 0 Å². The molecule has 154 valence electrons. The number of carbonyl (C=O) groups is 2. The average molecular weight is 404 g/mol. The van der Waals surface area contributed by atoms with E-state index in [0.717, 1.165) is 27.9 Å². The third kappa shape index (κ3) is 3.84. The van der Waals surface area contributed by atoms with Crippen LogP contribution in [0.4, 0.5) is 11.5 Å². The number of hydrogen-bond donors (Lipinski definition) is 2. The second-order valence-electron chi connectivity index (χ2n) is 7.54. The van der Waals surface area contributed by atoms with Gasteiger partial charge in [0.1, 0.15) is 11.9 Å². The Morgan fingerprint density at radius 2 is 1.93 bits per heavy atom. The Morgan fingerprint density at radius 3 is 2.63 bits per heavy atom. The van der Waals surface area contributed by atoms with Crippen molar-refractivity contribution in [1.29, 1.82) is 0 Å². The quantitative estimate of drug-likeness (QED) is 0.654. The highest BCUT2D eigenvalue weighted by Gasteiger charge is 2.37. The van der Waals surface area contributed by atoms with Gasteiger partial charge in [0, 0.05) is 18.4 Å². The Kier molecular flexibility index (Phi) is 5.37. The topological polar surface area (TPSA) is 85.2 Å². The second kappa shape index (κ2) is 8.12. The summed E-state index contributed by atoms with van der Waals surface area (Å²) in [6.07, 6.45) is -0.00574. The van der Waals surface area contributed by atoms with Crippen molar-refractivity contribution in [3.63, 3.8) is 0 Å². The third-order valence-electron chi connectivity index (χ3n) is 5.12. The van der Waals surface area contributed by atoms with Crippen molar-refractivity contribution in [2.75, 3.05) is 17.7 Å². The minimum Gasteiger partial charge on any atom is -0.378 e. The molecule has 0 bridgehead atoms. The van der Waals surface area contributed by atoms with Crippen LogP contribution < -0.4 is 10.6 Å². The number of hydrogen-bond acceptors (Lipinski definition) is 4. The molecule has 2 amide bonds. The molecule has 2 aromatic carbocycles. The van der Waals surface area contributed by atoms with Crippen LogP contribution in [0.3, 0.4) is 0 Å². The van der Waals surface area contributed by atoms with Gasteiger partial charge in [0.25, 0.3) is 5.91 Å². The normalized spacial score (nSPS) is 15.0. The highest BCUT2D eigenvalue weighted by Crippen LogP contribution is 2.39. The average Bonchev–Trinajstić information content (AvgIpc) is 3.18. The van der Waals surface area contributed by atoms with Gasteiger partial charge in [-0.2, -0.15) is 5.10 Å². The molecular weight excluding hydrogens is 380 g/mol. The van der Waals surface area contributed by atoms with Crippen LogP contribution in [0.1, 0.15) is 29.3 Å². The lowest BCUT2D eigenvalue weighted by atomic mass is 10.0. The van der Waals surface area contributed by atoms with Crippen LogP contribution in [0.5, 0.6) is 0 Å². The van der Waals surface area contributed by atoms with Crippen LogP contribution in [0.2, 0.25) is 0 Å². The van der Waals surface area contributed by atoms with Gasteiger partial charge in [-0.1, -0.05) is 42.0 Å². The number of methoxy groups -OCH3 is 1. The summed E-state index contributed by atoms with van der Waals surface area (Å²) in [5, 5.41) is 10.4. The van der Waals surface area contributed by atoms with E-state index in [1.807, 2.05) is 62.4 Å². The molecule has 30 heavy (non-hydrogen) atoms. The Labute approximate surface area is 175 Å². The van der Waals surface area contributed by atoms with E-state index in [-0.39, 0.29) is 18.2 Å². The van der Waals surface area contributed by atoms with Crippen LogP contribution in [0.25, 0.3) is 11.1 Å². The number of benzene rings is 2. The van der Waals surface area contributed by atoms with Gasteiger partial charge in [0.05, 0.1) is 18.7 Å². The number of anilines is 2. The summed E-state index contributed by atoms with van der Waals surface area (Å²) in [5.74, 6) is 0.118. The zero-order valence-corrected chi connectivity index (χ0v) is 17.2. The van der Waals surface area contributed by atoms with Gasteiger partial charge in [0.15, 0.2) is 0 Å². The zero-order chi connectivity index (χ0) is 21.3. The lowest BCUT2D eigenvalue weighted by Crippen LogP contribution is -2.24. The van der Waals surface area contributed by atoms with Gasteiger partial charge in [-0.3, -0.25) is 9.59 Å². The van der Waals surface area contributed by atoms with Gasteiger partial charge < -0.3 is 15.4 Å². The summed E-state index contributed by atoms with van der Waals surface area (Å²) in [6, 6.07) is 14.9. The maximum absolute atomic E-state index is 12.7. The molecule has 3 aromatic rings. The smallest absolute Gasteiger partial charge is 0.251 e. The molecule has 1 aliphatic heterocycles. The van der Waals surface area contributed by atoms with E-state index < -0.39 is 6.04 Å². The van der Waals surface area contributed by atoms with E-state index in [1.54, 1.807) is 11.8 Å². The predicted octanol–water partition coefficient (Wildman–Crippen LogP) is 3.84. The summed E-state index contributed by atoms with van der Waals surface area (Å²) >= 11 is 0. The lowest BCUT2D eigenvalue weighted by molar-refractivity contribution is -0.123. The maximum Gasteiger partial charge on any atom is 0.251 e. The highest BCUT2D eigenvalue weighted by atomic mass is 16.5. The van der Waals surface area contributed by atoms with Crippen molar-refractivity contribution in [3.05, 3.63) is 65.4 Å². The largest absolute Gasteiger partial charge is 0.378 e. The SMILES string of the molecule is COCc1nn2c(c1-c1ccc(C)cc1)NC(=O)C2CC(=O)Nc1cccc(C)c1. The number of amides is 2. The number of nitrogens with one attached hydrogen (secondary N) is 2. The molecule has 7 nitrogen and oxygen atoms in total. The van der Waals surface area contributed by atoms with Gasteiger partial charge in [-0.15, -0.1) is 0 Å². The molecule has 0 fully saturated rings. The third-order valence-corrected chi connectivity index (χ3v) is 5.12.